The Morgan fingerprint density at radius 3 is 2.59 bits per heavy atom. The molecule has 0 aliphatic heterocycles. The summed E-state index contributed by atoms with van der Waals surface area (Å²) >= 11 is 0. The van der Waals surface area contributed by atoms with Crippen molar-refractivity contribution in [2.24, 2.45) is 29.4 Å². The second-order valence-electron chi connectivity index (χ2n) is 6.37. The Hall–Kier alpha value is -0.570. The number of hydrogen-bond acceptors (Lipinski definition) is 2. The van der Waals surface area contributed by atoms with E-state index >= 15 is 0 Å². The van der Waals surface area contributed by atoms with Crippen molar-refractivity contribution < 1.29 is 4.79 Å². The van der Waals surface area contributed by atoms with Crippen LogP contribution in [0.1, 0.15) is 38.5 Å². The average Bonchev–Trinajstić information content (AvgIpc) is 2.82. The summed E-state index contributed by atoms with van der Waals surface area (Å²) in [6.07, 6.45) is 7.31. The van der Waals surface area contributed by atoms with Gasteiger partial charge in [-0.1, -0.05) is 6.42 Å². The van der Waals surface area contributed by atoms with Crippen LogP contribution in [0.4, 0.5) is 0 Å². The van der Waals surface area contributed by atoms with E-state index in [4.69, 9.17) is 5.73 Å². The van der Waals surface area contributed by atoms with E-state index < -0.39 is 0 Å². The van der Waals surface area contributed by atoms with E-state index in [1.54, 1.807) is 0 Å². The molecule has 3 saturated carbocycles. The van der Waals surface area contributed by atoms with Gasteiger partial charge in [-0.3, -0.25) is 4.79 Å². The SMILES string of the molecule is CN(C(=O)C1CC2CC2C1)C1CCCC1CN. The average molecular weight is 236 g/mol. The minimum atomic E-state index is 0.336. The molecule has 0 aromatic carbocycles. The Morgan fingerprint density at radius 1 is 1.24 bits per heavy atom. The van der Waals surface area contributed by atoms with Crippen molar-refractivity contribution in [3.05, 3.63) is 0 Å². The molecule has 3 heteroatoms. The molecular formula is C14H24N2O. The zero-order valence-electron chi connectivity index (χ0n) is 10.8. The topological polar surface area (TPSA) is 46.3 Å². The normalized spacial score (nSPS) is 43.5. The first-order valence-corrected chi connectivity index (χ1v) is 7.17. The maximum absolute atomic E-state index is 12.4. The molecule has 1 amide bonds. The van der Waals surface area contributed by atoms with Crippen LogP contribution in [-0.2, 0) is 4.79 Å². The highest BCUT2D eigenvalue weighted by Gasteiger charge is 2.49. The van der Waals surface area contributed by atoms with Gasteiger partial charge in [0.25, 0.3) is 0 Å². The van der Waals surface area contributed by atoms with E-state index in [0.29, 0.717) is 23.8 Å². The maximum atomic E-state index is 12.4. The number of amides is 1. The first-order valence-electron chi connectivity index (χ1n) is 7.17. The quantitative estimate of drug-likeness (QED) is 0.809. The van der Waals surface area contributed by atoms with E-state index in [0.717, 1.165) is 37.6 Å². The summed E-state index contributed by atoms with van der Waals surface area (Å²) in [5.41, 5.74) is 5.81. The van der Waals surface area contributed by atoms with Crippen LogP contribution in [0.25, 0.3) is 0 Å². The standard InChI is InChI=1S/C14H24N2O/c1-16(13-4-2-3-9(13)8-15)14(17)12-6-10-5-11(10)7-12/h9-13H,2-8,15H2,1H3. The summed E-state index contributed by atoms with van der Waals surface area (Å²) in [4.78, 5) is 14.5. The predicted molar refractivity (Wildman–Crippen MR) is 67.3 cm³/mol. The maximum Gasteiger partial charge on any atom is 0.225 e. The van der Waals surface area contributed by atoms with E-state index in [-0.39, 0.29) is 0 Å². The van der Waals surface area contributed by atoms with Crippen molar-refractivity contribution in [2.45, 2.75) is 44.6 Å². The van der Waals surface area contributed by atoms with Crippen LogP contribution in [0.3, 0.4) is 0 Å². The summed E-state index contributed by atoms with van der Waals surface area (Å²) < 4.78 is 0. The Morgan fingerprint density at radius 2 is 1.94 bits per heavy atom. The molecule has 17 heavy (non-hydrogen) atoms. The lowest BCUT2D eigenvalue weighted by molar-refractivity contribution is -0.137. The van der Waals surface area contributed by atoms with E-state index in [1.165, 1.54) is 19.3 Å². The summed E-state index contributed by atoms with van der Waals surface area (Å²) in [5, 5.41) is 0. The summed E-state index contributed by atoms with van der Waals surface area (Å²) in [6, 6.07) is 0.421. The van der Waals surface area contributed by atoms with Gasteiger partial charge >= 0.3 is 0 Å². The molecule has 4 atom stereocenters. The molecule has 0 spiro atoms. The molecule has 0 bridgehead atoms. The van der Waals surface area contributed by atoms with Gasteiger partial charge in [-0.25, -0.2) is 0 Å². The minimum Gasteiger partial charge on any atom is -0.342 e. The molecule has 0 saturated heterocycles. The minimum absolute atomic E-state index is 0.336. The molecular weight excluding hydrogens is 212 g/mol. The van der Waals surface area contributed by atoms with Crippen molar-refractivity contribution in [1.82, 2.24) is 4.90 Å². The number of hydrogen-bond donors (Lipinski definition) is 1. The van der Waals surface area contributed by atoms with Crippen LogP contribution in [0.2, 0.25) is 0 Å². The molecule has 0 radical (unpaired) electrons. The molecule has 3 aliphatic carbocycles. The van der Waals surface area contributed by atoms with Crippen molar-refractivity contribution >= 4 is 5.91 Å². The number of nitrogens with zero attached hydrogens (tertiary/aromatic N) is 1. The number of rotatable bonds is 3. The Bertz CT molecular complexity index is 307. The Labute approximate surface area is 104 Å². The van der Waals surface area contributed by atoms with Crippen molar-refractivity contribution in [1.29, 1.82) is 0 Å². The van der Waals surface area contributed by atoms with Crippen LogP contribution in [0, 0.1) is 23.7 Å². The van der Waals surface area contributed by atoms with Crippen LogP contribution >= 0.6 is 0 Å². The first-order chi connectivity index (χ1) is 8.20. The van der Waals surface area contributed by atoms with Crippen LogP contribution in [0.5, 0.6) is 0 Å². The third-order valence-electron chi connectivity index (χ3n) is 5.36. The van der Waals surface area contributed by atoms with Gasteiger partial charge in [-0.05, 0) is 56.4 Å². The highest BCUT2D eigenvalue weighted by Crippen LogP contribution is 2.54. The zero-order valence-corrected chi connectivity index (χ0v) is 10.8. The van der Waals surface area contributed by atoms with Gasteiger partial charge in [-0.15, -0.1) is 0 Å². The molecule has 3 nitrogen and oxygen atoms in total. The summed E-state index contributed by atoms with van der Waals surface area (Å²) in [6.45, 7) is 0.734. The van der Waals surface area contributed by atoms with Gasteiger partial charge in [0.05, 0.1) is 0 Å². The zero-order chi connectivity index (χ0) is 12.0. The molecule has 0 aromatic rings. The van der Waals surface area contributed by atoms with Gasteiger partial charge < -0.3 is 10.6 Å². The van der Waals surface area contributed by atoms with Crippen molar-refractivity contribution in [2.75, 3.05) is 13.6 Å². The predicted octanol–water partition coefficient (Wildman–Crippen LogP) is 1.62. The van der Waals surface area contributed by atoms with Crippen molar-refractivity contribution in [3.63, 3.8) is 0 Å². The molecule has 0 heterocycles. The number of nitrogens with two attached hydrogens (primary N) is 1. The lowest BCUT2D eigenvalue weighted by Gasteiger charge is -2.31. The fourth-order valence-corrected chi connectivity index (χ4v) is 4.17. The van der Waals surface area contributed by atoms with Crippen LogP contribution < -0.4 is 5.73 Å². The smallest absolute Gasteiger partial charge is 0.225 e. The Balaban J connectivity index is 1.60. The van der Waals surface area contributed by atoms with Gasteiger partial charge in [0, 0.05) is 19.0 Å². The molecule has 4 unspecified atom stereocenters. The lowest BCUT2D eigenvalue weighted by atomic mass is 9.98. The first kappa shape index (κ1) is 11.5. The van der Waals surface area contributed by atoms with Gasteiger partial charge in [0.2, 0.25) is 5.91 Å². The molecule has 3 rings (SSSR count). The second kappa shape index (κ2) is 4.27. The van der Waals surface area contributed by atoms with Gasteiger partial charge in [-0.2, -0.15) is 0 Å². The third kappa shape index (κ3) is 1.99. The van der Waals surface area contributed by atoms with E-state index in [9.17, 15) is 4.79 Å². The number of carbonyl (C=O) groups is 1. The largest absolute Gasteiger partial charge is 0.342 e. The fourth-order valence-electron chi connectivity index (χ4n) is 4.17. The molecule has 2 N–H and O–H groups in total. The van der Waals surface area contributed by atoms with Crippen LogP contribution in [-0.4, -0.2) is 30.4 Å². The second-order valence-corrected chi connectivity index (χ2v) is 6.37. The highest BCUT2D eigenvalue weighted by atomic mass is 16.2. The molecule has 3 fully saturated rings. The lowest BCUT2D eigenvalue weighted by Crippen LogP contribution is -2.44. The monoisotopic (exact) mass is 236 g/mol. The summed E-state index contributed by atoms with van der Waals surface area (Å²) in [5.74, 6) is 3.07. The summed E-state index contributed by atoms with van der Waals surface area (Å²) in [7, 11) is 2.00. The van der Waals surface area contributed by atoms with Gasteiger partial charge in [0.15, 0.2) is 0 Å². The molecule has 3 aliphatic rings. The highest BCUT2D eigenvalue weighted by molar-refractivity contribution is 5.79. The van der Waals surface area contributed by atoms with Gasteiger partial charge in [0.1, 0.15) is 0 Å². The molecule has 0 aromatic heterocycles. The number of fused-ring (bicyclic) bond motifs is 1. The molecule has 96 valence electrons. The van der Waals surface area contributed by atoms with E-state index in [1.807, 2.05) is 11.9 Å². The Kier molecular flexibility index (Phi) is 2.89. The van der Waals surface area contributed by atoms with Crippen LogP contribution in [0.15, 0.2) is 0 Å². The van der Waals surface area contributed by atoms with Crippen molar-refractivity contribution in [3.8, 4) is 0 Å². The fraction of sp³-hybridized carbons (Fsp3) is 0.929. The third-order valence-corrected chi connectivity index (χ3v) is 5.36. The number of carbonyl (C=O) groups excluding carboxylic acids is 1. The van der Waals surface area contributed by atoms with E-state index in [2.05, 4.69) is 0 Å².